The minimum absolute atomic E-state index is 0.184. The normalized spacial score (nSPS) is 25.5. The summed E-state index contributed by atoms with van der Waals surface area (Å²) in [6.45, 7) is 6.27. The molecule has 0 saturated carbocycles. The summed E-state index contributed by atoms with van der Waals surface area (Å²) in [7, 11) is 0. The smallest absolute Gasteiger partial charge is 0.0932 e. The fourth-order valence-corrected chi connectivity index (χ4v) is 1.90. The first kappa shape index (κ1) is 12.6. The molecule has 2 unspecified atom stereocenters. The molecule has 0 bridgehead atoms. The van der Waals surface area contributed by atoms with Gasteiger partial charge in [-0.25, -0.2) is 0 Å². The van der Waals surface area contributed by atoms with E-state index in [0.717, 1.165) is 19.7 Å². The summed E-state index contributed by atoms with van der Waals surface area (Å²) in [5, 5.41) is 3.39. The Kier molecular flexibility index (Phi) is 4.98. The van der Waals surface area contributed by atoms with Gasteiger partial charge in [0, 0.05) is 6.54 Å². The van der Waals surface area contributed by atoms with Crippen molar-refractivity contribution >= 4 is 0 Å². The third-order valence-corrected chi connectivity index (χ3v) is 2.90. The van der Waals surface area contributed by atoms with E-state index >= 15 is 0 Å². The van der Waals surface area contributed by atoms with Crippen molar-refractivity contribution in [2.45, 2.75) is 19.6 Å². The van der Waals surface area contributed by atoms with Crippen LogP contribution in [0, 0.1) is 5.92 Å². The molecule has 3 heteroatoms. The van der Waals surface area contributed by atoms with Gasteiger partial charge < -0.3 is 14.8 Å². The largest absolute Gasteiger partial charge is 0.374 e. The Morgan fingerprint density at radius 2 is 2.12 bits per heavy atom. The first-order chi connectivity index (χ1) is 8.34. The van der Waals surface area contributed by atoms with E-state index in [0.29, 0.717) is 19.1 Å². The standard InChI is InChI=1S/C14H21NO2/c1-12-7-15-8-14(17-9-12)11-16-10-13-5-3-2-4-6-13/h2-6,12,14-15H,7-11H2,1H3. The second kappa shape index (κ2) is 6.74. The Hall–Kier alpha value is -0.900. The molecule has 1 aromatic carbocycles. The SMILES string of the molecule is CC1CNCC(COCc2ccccc2)OC1. The van der Waals surface area contributed by atoms with Crippen LogP contribution < -0.4 is 5.32 Å². The lowest BCUT2D eigenvalue weighted by Gasteiger charge is -2.15. The van der Waals surface area contributed by atoms with E-state index in [-0.39, 0.29) is 6.10 Å². The van der Waals surface area contributed by atoms with Gasteiger partial charge in [-0.2, -0.15) is 0 Å². The quantitative estimate of drug-likeness (QED) is 0.863. The number of ether oxygens (including phenoxy) is 2. The minimum atomic E-state index is 0.184. The molecule has 1 N–H and O–H groups in total. The maximum atomic E-state index is 5.77. The molecule has 1 heterocycles. The van der Waals surface area contributed by atoms with Crippen LogP contribution in [0.3, 0.4) is 0 Å². The van der Waals surface area contributed by atoms with E-state index in [1.165, 1.54) is 5.56 Å². The highest BCUT2D eigenvalue weighted by Crippen LogP contribution is 2.06. The second-order valence-corrected chi connectivity index (χ2v) is 4.72. The Morgan fingerprint density at radius 3 is 2.94 bits per heavy atom. The van der Waals surface area contributed by atoms with Crippen molar-refractivity contribution in [3.63, 3.8) is 0 Å². The van der Waals surface area contributed by atoms with Crippen molar-refractivity contribution in [1.82, 2.24) is 5.32 Å². The lowest BCUT2D eigenvalue weighted by molar-refractivity contribution is -0.0194. The van der Waals surface area contributed by atoms with Crippen LogP contribution in [-0.2, 0) is 16.1 Å². The first-order valence-electron chi connectivity index (χ1n) is 6.28. The Labute approximate surface area is 103 Å². The maximum absolute atomic E-state index is 5.77. The first-order valence-corrected chi connectivity index (χ1v) is 6.28. The molecule has 1 fully saturated rings. The van der Waals surface area contributed by atoms with Crippen LogP contribution in [0.25, 0.3) is 0 Å². The van der Waals surface area contributed by atoms with Crippen molar-refractivity contribution in [3.8, 4) is 0 Å². The summed E-state index contributed by atoms with van der Waals surface area (Å²) in [5.74, 6) is 0.592. The highest BCUT2D eigenvalue weighted by Gasteiger charge is 2.15. The molecule has 1 aliphatic heterocycles. The van der Waals surface area contributed by atoms with E-state index in [2.05, 4.69) is 24.4 Å². The van der Waals surface area contributed by atoms with Gasteiger partial charge in [-0.1, -0.05) is 37.3 Å². The van der Waals surface area contributed by atoms with Crippen LogP contribution in [0.2, 0.25) is 0 Å². The van der Waals surface area contributed by atoms with Crippen LogP contribution in [0.15, 0.2) is 30.3 Å². The zero-order valence-electron chi connectivity index (χ0n) is 10.4. The number of rotatable bonds is 4. The molecular formula is C14H21NO2. The molecule has 0 aromatic heterocycles. The monoisotopic (exact) mass is 235 g/mol. The van der Waals surface area contributed by atoms with E-state index < -0.39 is 0 Å². The van der Waals surface area contributed by atoms with Crippen LogP contribution in [0.1, 0.15) is 12.5 Å². The fourth-order valence-electron chi connectivity index (χ4n) is 1.90. The Balaban J connectivity index is 1.68. The lowest BCUT2D eigenvalue weighted by atomic mass is 10.2. The number of nitrogens with one attached hydrogen (secondary N) is 1. The van der Waals surface area contributed by atoms with Gasteiger partial charge in [0.1, 0.15) is 0 Å². The summed E-state index contributed by atoms with van der Waals surface area (Å²) in [5.41, 5.74) is 1.21. The molecule has 1 aliphatic rings. The average molecular weight is 235 g/mol. The average Bonchev–Trinajstić information content (AvgIpc) is 2.56. The predicted molar refractivity (Wildman–Crippen MR) is 67.9 cm³/mol. The summed E-state index contributed by atoms with van der Waals surface area (Å²) < 4.78 is 11.5. The van der Waals surface area contributed by atoms with Gasteiger partial charge in [0.15, 0.2) is 0 Å². The zero-order valence-corrected chi connectivity index (χ0v) is 10.4. The molecule has 3 nitrogen and oxygen atoms in total. The van der Waals surface area contributed by atoms with E-state index in [1.54, 1.807) is 0 Å². The Bertz CT molecular complexity index is 315. The number of benzene rings is 1. The summed E-state index contributed by atoms with van der Waals surface area (Å²) in [6.07, 6.45) is 0.184. The topological polar surface area (TPSA) is 30.5 Å². The molecule has 0 aliphatic carbocycles. The molecular weight excluding hydrogens is 214 g/mol. The van der Waals surface area contributed by atoms with Gasteiger partial charge in [0.25, 0.3) is 0 Å². The summed E-state index contributed by atoms with van der Waals surface area (Å²) in [4.78, 5) is 0. The summed E-state index contributed by atoms with van der Waals surface area (Å²) >= 11 is 0. The van der Waals surface area contributed by atoms with Crippen LogP contribution >= 0.6 is 0 Å². The molecule has 0 spiro atoms. The van der Waals surface area contributed by atoms with Crippen molar-refractivity contribution in [3.05, 3.63) is 35.9 Å². The molecule has 1 aromatic rings. The molecule has 94 valence electrons. The third-order valence-electron chi connectivity index (χ3n) is 2.90. The predicted octanol–water partition coefficient (Wildman–Crippen LogP) is 1.83. The van der Waals surface area contributed by atoms with Gasteiger partial charge in [-0.15, -0.1) is 0 Å². The van der Waals surface area contributed by atoms with Crippen molar-refractivity contribution in [2.75, 3.05) is 26.3 Å². The molecule has 1 saturated heterocycles. The van der Waals surface area contributed by atoms with Crippen molar-refractivity contribution in [2.24, 2.45) is 5.92 Å². The lowest BCUT2D eigenvalue weighted by Crippen LogP contribution is -2.30. The van der Waals surface area contributed by atoms with Crippen LogP contribution in [0.4, 0.5) is 0 Å². The number of hydrogen-bond acceptors (Lipinski definition) is 3. The fraction of sp³-hybridized carbons (Fsp3) is 0.571. The van der Waals surface area contributed by atoms with Crippen molar-refractivity contribution in [1.29, 1.82) is 0 Å². The van der Waals surface area contributed by atoms with Gasteiger partial charge in [0.05, 0.1) is 25.9 Å². The minimum Gasteiger partial charge on any atom is -0.374 e. The van der Waals surface area contributed by atoms with Crippen molar-refractivity contribution < 1.29 is 9.47 Å². The zero-order chi connectivity index (χ0) is 11.9. The van der Waals surface area contributed by atoms with Gasteiger partial charge in [0.2, 0.25) is 0 Å². The molecule has 2 rings (SSSR count). The van der Waals surface area contributed by atoms with Gasteiger partial charge in [-0.05, 0) is 18.0 Å². The Morgan fingerprint density at radius 1 is 1.29 bits per heavy atom. The van der Waals surface area contributed by atoms with Crippen LogP contribution in [0.5, 0.6) is 0 Å². The van der Waals surface area contributed by atoms with Gasteiger partial charge in [-0.3, -0.25) is 0 Å². The highest BCUT2D eigenvalue weighted by atomic mass is 16.5. The highest BCUT2D eigenvalue weighted by molar-refractivity contribution is 5.13. The number of hydrogen-bond donors (Lipinski definition) is 1. The third kappa shape index (κ3) is 4.46. The molecule has 17 heavy (non-hydrogen) atoms. The molecule has 0 radical (unpaired) electrons. The second-order valence-electron chi connectivity index (χ2n) is 4.72. The molecule has 0 amide bonds. The van der Waals surface area contributed by atoms with E-state index in [9.17, 15) is 0 Å². The van der Waals surface area contributed by atoms with E-state index in [4.69, 9.17) is 9.47 Å². The van der Waals surface area contributed by atoms with Gasteiger partial charge >= 0.3 is 0 Å². The summed E-state index contributed by atoms with van der Waals surface area (Å²) in [6, 6.07) is 10.2. The van der Waals surface area contributed by atoms with E-state index in [1.807, 2.05) is 18.2 Å². The van der Waals surface area contributed by atoms with Crippen LogP contribution in [-0.4, -0.2) is 32.4 Å². The molecule has 2 atom stereocenters. The maximum Gasteiger partial charge on any atom is 0.0932 e.